The van der Waals surface area contributed by atoms with Gasteiger partial charge in [0.25, 0.3) is 0 Å². The molecule has 6 heteroatoms. The number of nitrogens with zero attached hydrogens (tertiary/aromatic N) is 3. The first-order valence-corrected chi connectivity index (χ1v) is 5.23. The van der Waals surface area contributed by atoms with Crippen LogP contribution in [0.4, 0.5) is 5.82 Å². The Kier molecular flexibility index (Phi) is 4.37. The lowest BCUT2D eigenvalue weighted by atomic mass is 10.2. The smallest absolute Gasteiger partial charge is 0.147 e. The number of pyridine rings is 1. The van der Waals surface area contributed by atoms with Gasteiger partial charge >= 0.3 is 0 Å². The molecule has 1 aromatic heterocycles. The van der Waals surface area contributed by atoms with Crippen molar-refractivity contribution in [1.29, 1.82) is 0 Å². The second-order valence-corrected chi connectivity index (χ2v) is 3.97. The summed E-state index contributed by atoms with van der Waals surface area (Å²) in [5.74, 6) is 0.869. The first kappa shape index (κ1) is 12.6. The number of anilines is 1. The molecule has 1 atom stereocenters. The maximum absolute atomic E-state index is 8.49. The number of nitrogens with two attached hydrogens (primary N) is 1. The molecule has 16 heavy (non-hydrogen) atoms. The Labute approximate surface area is 99.5 Å². The van der Waals surface area contributed by atoms with Crippen molar-refractivity contribution in [2.24, 2.45) is 10.9 Å². The normalized spacial score (nSPS) is 13.6. The quantitative estimate of drug-likeness (QED) is 0.365. The Morgan fingerprint density at radius 1 is 1.75 bits per heavy atom. The number of rotatable bonds is 4. The fraction of sp³-hybridized carbons (Fsp3) is 0.400. The van der Waals surface area contributed by atoms with Crippen molar-refractivity contribution in [1.82, 2.24) is 4.98 Å². The molecule has 0 saturated heterocycles. The summed E-state index contributed by atoms with van der Waals surface area (Å²) in [4.78, 5) is 6.07. The highest BCUT2D eigenvalue weighted by Crippen LogP contribution is 2.23. The average molecular weight is 243 g/mol. The third-order valence-electron chi connectivity index (χ3n) is 2.37. The van der Waals surface area contributed by atoms with Gasteiger partial charge in [-0.05, 0) is 19.1 Å². The lowest BCUT2D eigenvalue weighted by Gasteiger charge is -2.26. The van der Waals surface area contributed by atoms with Gasteiger partial charge in [0.05, 0.1) is 5.02 Å². The maximum Gasteiger partial charge on any atom is 0.147 e. The lowest BCUT2D eigenvalue weighted by molar-refractivity contribution is 0.316. The van der Waals surface area contributed by atoms with E-state index in [-0.39, 0.29) is 11.9 Å². The van der Waals surface area contributed by atoms with Crippen LogP contribution in [0.5, 0.6) is 0 Å². The van der Waals surface area contributed by atoms with Crippen molar-refractivity contribution in [3.63, 3.8) is 0 Å². The van der Waals surface area contributed by atoms with E-state index in [1.807, 2.05) is 18.9 Å². The van der Waals surface area contributed by atoms with Crippen LogP contribution in [0.1, 0.15) is 13.3 Å². The van der Waals surface area contributed by atoms with E-state index in [0.29, 0.717) is 17.3 Å². The zero-order valence-electron chi connectivity index (χ0n) is 9.26. The standard InChI is InChI=1S/C10H15ClN4O/c1-7(6-9(12)14-16)15(2)10-8(11)4-3-5-13-10/h3-5,7,16H,6H2,1-2H3,(H2,12,14). The zero-order chi connectivity index (χ0) is 12.1. The summed E-state index contributed by atoms with van der Waals surface area (Å²) in [6, 6.07) is 3.59. The van der Waals surface area contributed by atoms with E-state index < -0.39 is 0 Å². The summed E-state index contributed by atoms with van der Waals surface area (Å²) in [5, 5.41) is 12.0. The second-order valence-electron chi connectivity index (χ2n) is 3.56. The molecule has 0 fully saturated rings. The highest BCUT2D eigenvalue weighted by Gasteiger charge is 2.15. The van der Waals surface area contributed by atoms with Crippen molar-refractivity contribution in [2.45, 2.75) is 19.4 Å². The number of aromatic nitrogens is 1. The summed E-state index contributed by atoms with van der Waals surface area (Å²) in [5.41, 5.74) is 5.45. The highest BCUT2D eigenvalue weighted by atomic mass is 35.5. The molecule has 5 nitrogen and oxygen atoms in total. The highest BCUT2D eigenvalue weighted by molar-refractivity contribution is 6.32. The maximum atomic E-state index is 8.49. The Bertz CT molecular complexity index is 383. The monoisotopic (exact) mass is 242 g/mol. The van der Waals surface area contributed by atoms with Gasteiger partial charge in [0, 0.05) is 25.7 Å². The van der Waals surface area contributed by atoms with E-state index >= 15 is 0 Å². The zero-order valence-corrected chi connectivity index (χ0v) is 10.0. The first-order chi connectivity index (χ1) is 7.56. The minimum atomic E-state index is 0.0447. The SMILES string of the molecule is CC(CC(N)=NO)N(C)c1ncccc1Cl. The summed E-state index contributed by atoms with van der Waals surface area (Å²) >= 11 is 6.02. The molecule has 3 N–H and O–H groups in total. The van der Waals surface area contributed by atoms with Gasteiger partial charge in [-0.2, -0.15) is 0 Å². The van der Waals surface area contributed by atoms with Crippen molar-refractivity contribution in [3.8, 4) is 0 Å². The summed E-state index contributed by atoms with van der Waals surface area (Å²) in [6.07, 6.45) is 2.12. The van der Waals surface area contributed by atoms with Crippen LogP contribution in [-0.4, -0.2) is 29.1 Å². The van der Waals surface area contributed by atoms with Gasteiger partial charge in [-0.3, -0.25) is 0 Å². The molecule has 0 amide bonds. The van der Waals surface area contributed by atoms with Gasteiger partial charge in [0.1, 0.15) is 11.7 Å². The van der Waals surface area contributed by atoms with Crippen LogP contribution >= 0.6 is 11.6 Å². The molecule has 0 aromatic carbocycles. The molecule has 1 aromatic rings. The Morgan fingerprint density at radius 2 is 2.44 bits per heavy atom. The van der Waals surface area contributed by atoms with Crippen LogP contribution in [0.15, 0.2) is 23.5 Å². The van der Waals surface area contributed by atoms with E-state index in [1.165, 1.54) is 0 Å². The van der Waals surface area contributed by atoms with Crippen molar-refractivity contribution >= 4 is 23.3 Å². The molecule has 0 aliphatic rings. The molecule has 0 spiro atoms. The molecule has 0 radical (unpaired) electrons. The van der Waals surface area contributed by atoms with Crippen LogP contribution in [0.25, 0.3) is 0 Å². The first-order valence-electron chi connectivity index (χ1n) is 4.86. The third kappa shape index (κ3) is 3.00. The fourth-order valence-electron chi connectivity index (χ4n) is 1.33. The molecule has 0 aliphatic heterocycles. The van der Waals surface area contributed by atoms with E-state index in [1.54, 1.807) is 18.3 Å². The number of amidine groups is 1. The topological polar surface area (TPSA) is 74.7 Å². The van der Waals surface area contributed by atoms with Crippen LogP contribution in [-0.2, 0) is 0 Å². The molecular formula is C10H15ClN4O. The number of hydrogen-bond donors (Lipinski definition) is 2. The molecule has 0 saturated carbocycles. The molecule has 1 unspecified atom stereocenters. The summed E-state index contributed by atoms with van der Waals surface area (Å²) in [6.45, 7) is 1.95. The van der Waals surface area contributed by atoms with Gasteiger partial charge in [-0.1, -0.05) is 16.8 Å². The molecular weight excluding hydrogens is 228 g/mol. The molecule has 1 rings (SSSR count). The average Bonchev–Trinajstić information content (AvgIpc) is 2.28. The number of hydrogen-bond acceptors (Lipinski definition) is 4. The van der Waals surface area contributed by atoms with Crippen LogP contribution in [0.3, 0.4) is 0 Å². The summed E-state index contributed by atoms with van der Waals surface area (Å²) in [7, 11) is 1.86. The predicted octanol–water partition coefficient (Wildman–Crippen LogP) is 1.70. The summed E-state index contributed by atoms with van der Waals surface area (Å²) < 4.78 is 0. The van der Waals surface area contributed by atoms with Gasteiger partial charge in [-0.15, -0.1) is 0 Å². The van der Waals surface area contributed by atoms with Gasteiger partial charge in [-0.25, -0.2) is 4.98 Å². The lowest BCUT2D eigenvalue weighted by Crippen LogP contribution is -2.33. The molecule has 0 aliphatic carbocycles. The van der Waals surface area contributed by atoms with Crippen molar-refractivity contribution in [3.05, 3.63) is 23.4 Å². The Balaban J connectivity index is 2.78. The van der Waals surface area contributed by atoms with E-state index in [2.05, 4.69) is 10.1 Å². The van der Waals surface area contributed by atoms with Crippen LogP contribution in [0.2, 0.25) is 5.02 Å². The number of oxime groups is 1. The minimum absolute atomic E-state index is 0.0447. The van der Waals surface area contributed by atoms with E-state index in [4.69, 9.17) is 22.5 Å². The number of halogens is 1. The van der Waals surface area contributed by atoms with Crippen molar-refractivity contribution < 1.29 is 5.21 Å². The van der Waals surface area contributed by atoms with Crippen LogP contribution in [0, 0.1) is 0 Å². The Morgan fingerprint density at radius 3 is 3.00 bits per heavy atom. The molecule has 0 bridgehead atoms. The second kappa shape index (κ2) is 5.55. The molecule has 1 heterocycles. The third-order valence-corrected chi connectivity index (χ3v) is 2.66. The van der Waals surface area contributed by atoms with Gasteiger partial charge in [0.2, 0.25) is 0 Å². The van der Waals surface area contributed by atoms with Crippen molar-refractivity contribution in [2.75, 3.05) is 11.9 Å². The van der Waals surface area contributed by atoms with Crippen LogP contribution < -0.4 is 10.6 Å². The molecule has 88 valence electrons. The Hall–Kier alpha value is -1.49. The predicted molar refractivity (Wildman–Crippen MR) is 65.1 cm³/mol. The van der Waals surface area contributed by atoms with E-state index in [0.717, 1.165) is 0 Å². The van der Waals surface area contributed by atoms with Gasteiger partial charge < -0.3 is 15.8 Å². The van der Waals surface area contributed by atoms with Gasteiger partial charge in [0.15, 0.2) is 0 Å². The largest absolute Gasteiger partial charge is 0.409 e. The minimum Gasteiger partial charge on any atom is -0.409 e. The fourth-order valence-corrected chi connectivity index (χ4v) is 1.58. The van der Waals surface area contributed by atoms with E-state index in [9.17, 15) is 0 Å².